The van der Waals surface area contributed by atoms with E-state index < -0.39 is 0 Å². The molecule has 1 saturated carbocycles. The molecule has 106 valence electrons. The lowest BCUT2D eigenvalue weighted by atomic mass is 9.94. The Kier molecular flexibility index (Phi) is 4.01. The highest BCUT2D eigenvalue weighted by Gasteiger charge is 2.22. The first kappa shape index (κ1) is 13.6. The molecule has 1 heterocycles. The van der Waals surface area contributed by atoms with Crippen LogP contribution >= 0.6 is 11.8 Å². The molecule has 20 heavy (non-hydrogen) atoms. The fraction of sp³-hybridized carbons (Fsp3) is 0.438. The van der Waals surface area contributed by atoms with E-state index in [0.717, 1.165) is 34.6 Å². The Morgan fingerprint density at radius 2 is 2.05 bits per heavy atom. The van der Waals surface area contributed by atoms with Crippen molar-refractivity contribution in [3.63, 3.8) is 0 Å². The standard InChI is InChI=1S/C16H20N2OS/c1-20-14-6-4-13(5-7-14)18-16(19)12-3-2-11-8-9-17-15(11)10-12/h2-3,8-10,13-14,17H,4-7H2,1H3,(H,18,19). The second kappa shape index (κ2) is 5.92. The number of H-pyrrole nitrogens is 1. The smallest absolute Gasteiger partial charge is 0.251 e. The fourth-order valence-electron chi connectivity index (χ4n) is 2.90. The Bertz CT molecular complexity index is 599. The minimum atomic E-state index is 0.0501. The average Bonchev–Trinajstić information content (AvgIpc) is 2.95. The highest BCUT2D eigenvalue weighted by Crippen LogP contribution is 2.27. The second-order valence-electron chi connectivity index (χ2n) is 5.46. The van der Waals surface area contributed by atoms with Gasteiger partial charge >= 0.3 is 0 Å². The van der Waals surface area contributed by atoms with Gasteiger partial charge in [0, 0.05) is 28.6 Å². The van der Waals surface area contributed by atoms with Gasteiger partial charge in [-0.1, -0.05) is 6.07 Å². The van der Waals surface area contributed by atoms with Crippen molar-refractivity contribution in [1.82, 2.24) is 10.3 Å². The number of hydrogen-bond donors (Lipinski definition) is 2. The van der Waals surface area contributed by atoms with Crippen LogP contribution in [0, 0.1) is 0 Å². The zero-order chi connectivity index (χ0) is 13.9. The number of thioether (sulfide) groups is 1. The molecule has 0 aliphatic heterocycles. The number of fused-ring (bicyclic) bond motifs is 1. The van der Waals surface area contributed by atoms with Crippen molar-refractivity contribution in [3.8, 4) is 0 Å². The van der Waals surface area contributed by atoms with Crippen LogP contribution in [0.15, 0.2) is 30.5 Å². The lowest BCUT2D eigenvalue weighted by Gasteiger charge is -2.28. The Morgan fingerprint density at radius 3 is 2.80 bits per heavy atom. The molecule has 0 spiro atoms. The molecule has 1 aromatic heterocycles. The van der Waals surface area contributed by atoms with Gasteiger partial charge in [-0.05, 0) is 55.5 Å². The molecule has 0 saturated heterocycles. The number of aromatic amines is 1. The highest BCUT2D eigenvalue weighted by atomic mass is 32.2. The second-order valence-corrected chi connectivity index (χ2v) is 6.60. The minimum absolute atomic E-state index is 0.0501. The number of rotatable bonds is 3. The first-order valence-corrected chi connectivity index (χ1v) is 8.46. The molecular formula is C16H20N2OS. The lowest BCUT2D eigenvalue weighted by Crippen LogP contribution is -2.38. The van der Waals surface area contributed by atoms with Gasteiger partial charge < -0.3 is 10.3 Å². The van der Waals surface area contributed by atoms with Crippen LogP contribution in [0.2, 0.25) is 0 Å². The Labute approximate surface area is 123 Å². The maximum absolute atomic E-state index is 12.3. The van der Waals surface area contributed by atoms with E-state index in [9.17, 15) is 4.79 Å². The number of nitrogens with one attached hydrogen (secondary N) is 2. The van der Waals surface area contributed by atoms with Gasteiger partial charge in [0.1, 0.15) is 0 Å². The van der Waals surface area contributed by atoms with Crippen LogP contribution in [0.4, 0.5) is 0 Å². The molecule has 2 N–H and O–H groups in total. The molecule has 4 heteroatoms. The average molecular weight is 288 g/mol. The largest absolute Gasteiger partial charge is 0.361 e. The molecule has 0 unspecified atom stereocenters. The Hall–Kier alpha value is -1.42. The normalized spacial score (nSPS) is 22.9. The molecule has 1 amide bonds. The van der Waals surface area contributed by atoms with Crippen LogP contribution in [0.25, 0.3) is 10.9 Å². The van der Waals surface area contributed by atoms with E-state index in [4.69, 9.17) is 0 Å². The zero-order valence-corrected chi connectivity index (χ0v) is 12.5. The summed E-state index contributed by atoms with van der Waals surface area (Å²) in [6.07, 6.45) is 8.69. The molecule has 0 bridgehead atoms. The van der Waals surface area contributed by atoms with Crippen molar-refractivity contribution < 1.29 is 4.79 Å². The van der Waals surface area contributed by atoms with Crippen molar-refractivity contribution in [2.45, 2.75) is 37.0 Å². The van der Waals surface area contributed by atoms with Crippen LogP contribution < -0.4 is 5.32 Å². The van der Waals surface area contributed by atoms with Gasteiger partial charge in [-0.2, -0.15) is 11.8 Å². The van der Waals surface area contributed by atoms with Gasteiger partial charge in [0.05, 0.1) is 0 Å². The van der Waals surface area contributed by atoms with Gasteiger partial charge in [-0.25, -0.2) is 0 Å². The summed E-state index contributed by atoms with van der Waals surface area (Å²) in [5.74, 6) is 0.0501. The SMILES string of the molecule is CSC1CCC(NC(=O)c2ccc3cc[nH]c3c2)CC1. The number of amides is 1. The number of carbonyl (C=O) groups is 1. The van der Waals surface area contributed by atoms with E-state index in [-0.39, 0.29) is 5.91 Å². The van der Waals surface area contributed by atoms with E-state index in [1.165, 1.54) is 12.8 Å². The summed E-state index contributed by atoms with van der Waals surface area (Å²) in [6, 6.07) is 8.17. The molecule has 0 radical (unpaired) electrons. The third-order valence-corrected chi connectivity index (χ3v) is 5.30. The van der Waals surface area contributed by atoms with Crippen LogP contribution in [0.1, 0.15) is 36.0 Å². The molecule has 3 rings (SSSR count). The zero-order valence-electron chi connectivity index (χ0n) is 11.7. The monoisotopic (exact) mass is 288 g/mol. The third kappa shape index (κ3) is 2.85. The van der Waals surface area contributed by atoms with Crippen molar-refractivity contribution in [3.05, 3.63) is 36.0 Å². The van der Waals surface area contributed by atoms with Gasteiger partial charge in [-0.3, -0.25) is 4.79 Å². The molecular weight excluding hydrogens is 268 g/mol. The van der Waals surface area contributed by atoms with Gasteiger partial charge in [0.15, 0.2) is 0 Å². The molecule has 1 aliphatic carbocycles. The minimum Gasteiger partial charge on any atom is -0.361 e. The molecule has 1 aromatic carbocycles. The molecule has 1 fully saturated rings. The highest BCUT2D eigenvalue weighted by molar-refractivity contribution is 7.99. The number of aromatic nitrogens is 1. The number of hydrogen-bond acceptors (Lipinski definition) is 2. The summed E-state index contributed by atoms with van der Waals surface area (Å²) in [6.45, 7) is 0. The first-order valence-electron chi connectivity index (χ1n) is 7.17. The summed E-state index contributed by atoms with van der Waals surface area (Å²) >= 11 is 1.95. The summed E-state index contributed by atoms with van der Waals surface area (Å²) in [7, 11) is 0. The maximum atomic E-state index is 12.3. The van der Waals surface area contributed by atoms with Crippen molar-refractivity contribution in [1.29, 1.82) is 0 Å². The van der Waals surface area contributed by atoms with E-state index in [2.05, 4.69) is 16.6 Å². The first-order chi connectivity index (χ1) is 9.76. The molecule has 0 atom stereocenters. The Morgan fingerprint density at radius 1 is 1.25 bits per heavy atom. The summed E-state index contributed by atoms with van der Waals surface area (Å²) < 4.78 is 0. The van der Waals surface area contributed by atoms with Gasteiger partial charge in [0.25, 0.3) is 5.91 Å². The quantitative estimate of drug-likeness (QED) is 0.907. The fourth-order valence-corrected chi connectivity index (χ4v) is 3.64. The molecule has 1 aliphatic rings. The maximum Gasteiger partial charge on any atom is 0.251 e. The van der Waals surface area contributed by atoms with Crippen LogP contribution in [0.3, 0.4) is 0 Å². The van der Waals surface area contributed by atoms with Crippen molar-refractivity contribution in [2.75, 3.05) is 6.26 Å². The number of carbonyl (C=O) groups excluding carboxylic acids is 1. The predicted molar refractivity (Wildman–Crippen MR) is 85.3 cm³/mol. The summed E-state index contributed by atoms with van der Waals surface area (Å²) in [5, 5.41) is 5.09. The Balaban J connectivity index is 1.64. The lowest BCUT2D eigenvalue weighted by molar-refractivity contribution is 0.0928. The van der Waals surface area contributed by atoms with E-state index in [1.807, 2.05) is 42.2 Å². The van der Waals surface area contributed by atoms with E-state index in [1.54, 1.807) is 0 Å². The van der Waals surface area contributed by atoms with E-state index in [0.29, 0.717) is 6.04 Å². The molecule has 2 aromatic rings. The van der Waals surface area contributed by atoms with Gasteiger partial charge in [-0.15, -0.1) is 0 Å². The van der Waals surface area contributed by atoms with Crippen LogP contribution in [-0.2, 0) is 0 Å². The van der Waals surface area contributed by atoms with Crippen LogP contribution in [0.5, 0.6) is 0 Å². The summed E-state index contributed by atoms with van der Waals surface area (Å²) in [4.78, 5) is 15.4. The topological polar surface area (TPSA) is 44.9 Å². The van der Waals surface area contributed by atoms with Gasteiger partial charge in [0.2, 0.25) is 0 Å². The van der Waals surface area contributed by atoms with Crippen LogP contribution in [-0.4, -0.2) is 28.4 Å². The molecule has 3 nitrogen and oxygen atoms in total. The summed E-state index contributed by atoms with van der Waals surface area (Å²) in [5.41, 5.74) is 1.76. The predicted octanol–water partition coefficient (Wildman–Crippen LogP) is 3.57. The third-order valence-electron chi connectivity index (χ3n) is 4.16. The van der Waals surface area contributed by atoms with Crippen molar-refractivity contribution in [2.24, 2.45) is 0 Å². The number of benzene rings is 1. The van der Waals surface area contributed by atoms with Crippen molar-refractivity contribution >= 4 is 28.6 Å². The van der Waals surface area contributed by atoms with E-state index >= 15 is 0 Å².